The summed E-state index contributed by atoms with van der Waals surface area (Å²) in [6, 6.07) is 7.11. The number of carbonyl (C=O) groups excluding carboxylic acids is 1. The van der Waals surface area contributed by atoms with Crippen LogP contribution in [0.4, 0.5) is 0 Å². The molecule has 104 valence electrons. The van der Waals surface area contributed by atoms with E-state index < -0.39 is 0 Å². The maximum absolute atomic E-state index is 12.3. The molecule has 0 aliphatic heterocycles. The minimum Gasteiger partial charge on any atom is -0.494 e. The highest BCUT2D eigenvalue weighted by Gasteiger charge is 2.15. The Balaban J connectivity index is 2.80. The summed E-state index contributed by atoms with van der Waals surface area (Å²) in [4.78, 5) is 14.3. The van der Waals surface area contributed by atoms with E-state index in [1.807, 2.05) is 13.8 Å². The van der Waals surface area contributed by atoms with E-state index in [4.69, 9.17) is 22.7 Å². The summed E-state index contributed by atoms with van der Waals surface area (Å²) in [5.74, 6) is 0.702. The number of nitrogens with zero attached hydrogens (tertiary/aromatic N) is 1. The van der Waals surface area contributed by atoms with Crippen LogP contribution in [0.3, 0.4) is 0 Å². The molecule has 1 rings (SSSR count). The van der Waals surface area contributed by atoms with Crippen LogP contribution in [0.1, 0.15) is 30.6 Å². The Hall–Kier alpha value is -1.62. The highest BCUT2D eigenvalue weighted by molar-refractivity contribution is 7.80. The quantitative estimate of drug-likeness (QED) is 0.778. The number of benzene rings is 1. The van der Waals surface area contributed by atoms with Crippen LogP contribution in [0.15, 0.2) is 24.3 Å². The van der Waals surface area contributed by atoms with Gasteiger partial charge < -0.3 is 15.4 Å². The van der Waals surface area contributed by atoms with Crippen molar-refractivity contribution in [1.82, 2.24) is 4.90 Å². The van der Waals surface area contributed by atoms with Crippen molar-refractivity contribution in [3.63, 3.8) is 0 Å². The van der Waals surface area contributed by atoms with Crippen molar-refractivity contribution in [2.45, 2.75) is 20.3 Å². The summed E-state index contributed by atoms with van der Waals surface area (Å²) in [5, 5.41) is 0. The Bertz CT molecular complexity index is 432. The van der Waals surface area contributed by atoms with Gasteiger partial charge in [0.25, 0.3) is 5.91 Å². The lowest BCUT2D eigenvalue weighted by molar-refractivity contribution is 0.0780. The Morgan fingerprint density at radius 2 is 1.95 bits per heavy atom. The van der Waals surface area contributed by atoms with Crippen molar-refractivity contribution in [2.75, 3.05) is 19.7 Å². The van der Waals surface area contributed by atoms with Gasteiger partial charge in [0.05, 0.1) is 18.1 Å². The summed E-state index contributed by atoms with van der Waals surface area (Å²) in [7, 11) is 0. The fourth-order valence-corrected chi connectivity index (χ4v) is 1.91. The SMILES string of the molecule is CCCN(CC(N)=S)C(=O)c1ccc(OCC)cc1. The van der Waals surface area contributed by atoms with E-state index in [-0.39, 0.29) is 5.91 Å². The second kappa shape index (κ2) is 7.74. The van der Waals surface area contributed by atoms with Crippen LogP contribution in [-0.2, 0) is 0 Å². The molecule has 0 aliphatic carbocycles. The fraction of sp³-hybridized carbons (Fsp3) is 0.429. The number of thiocarbonyl (C=S) groups is 1. The predicted octanol–water partition coefficient (Wildman–Crippen LogP) is 2.22. The van der Waals surface area contributed by atoms with Crippen LogP contribution in [0.2, 0.25) is 0 Å². The minimum atomic E-state index is -0.0577. The van der Waals surface area contributed by atoms with Gasteiger partial charge in [-0.15, -0.1) is 0 Å². The topological polar surface area (TPSA) is 55.6 Å². The normalized spacial score (nSPS) is 10.0. The summed E-state index contributed by atoms with van der Waals surface area (Å²) < 4.78 is 5.35. The first-order chi connectivity index (χ1) is 9.08. The zero-order chi connectivity index (χ0) is 14.3. The zero-order valence-corrected chi connectivity index (χ0v) is 12.2. The number of hydrogen-bond acceptors (Lipinski definition) is 3. The van der Waals surface area contributed by atoms with Crippen LogP contribution in [0, 0.1) is 0 Å². The van der Waals surface area contributed by atoms with Crippen molar-refractivity contribution in [3.8, 4) is 5.75 Å². The van der Waals surface area contributed by atoms with Gasteiger partial charge in [0.2, 0.25) is 0 Å². The molecule has 0 radical (unpaired) electrons. The first-order valence-electron chi connectivity index (χ1n) is 6.38. The molecule has 1 aromatic carbocycles. The van der Waals surface area contributed by atoms with Crippen molar-refractivity contribution < 1.29 is 9.53 Å². The van der Waals surface area contributed by atoms with Crippen LogP contribution in [-0.4, -0.2) is 35.5 Å². The smallest absolute Gasteiger partial charge is 0.254 e. The molecule has 19 heavy (non-hydrogen) atoms. The maximum Gasteiger partial charge on any atom is 0.254 e. The third-order valence-electron chi connectivity index (χ3n) is 2.54. The fourth-order valence-electron chi connectivity index (χ4n) is 1.75. The molecule has 0 aliphatic rings. The number of carbonyl (C=O) groups is 1. The number of nitrogens with two attached hydrogens (primary N) is 1. The molecule has 0 heterocycles. The summed E-state index contributed by atoms with van der Waals surface area (Å²) in [6.45, 7) is 5.50. The molecule has 0 unspecified atom stereocenters. The Kier molecular flexibility index (Phi) is 6.29. The molecule has 4 nitrogen and oxygen atoms in total. The van der Waals surface area contributed by atoms with Gasteiger partial charge in [0.15, 0.2) is 0 Å². The second-order valence-corrected chi connectivity index (χ2v) is 4.67. The minimum absolute atomic E-state index is 0.0577. The summed E-state index contributed by atoms with van der Waals surface area (Å²) in [6.07, 6.45) is 0.866. The van der Waals surface area contributed by atoms with Crippen LogP contribution in [0.25, 0.3) is 0 Å². The maximum atomic E-state index is 12.3. The highest BCUT2D eigenvalue weighted by atomic mass is 32.1. The summed E-state index contributed by atoms with van der Waals surface area (Å²) >= 11 is 4.87. The predicted molar refractivity (Wildman–Crippen MR) is 80.6 cm³/mol. The van der Waals surface area contributed by atoms with Gasteiger partial charge in [-0.25, -0.2) is 0 Å². The lowest BCUT2D eigenvalue weighted by Crippen LogP contribution is -2.38. The van der Waals surface area contributed by atoms with Gasteiger partial charge in [0, 0.05) is 12.1 Å². The molecule has 1 amide bonds. The van der Waals surface area contributed by atoms with E-state index in [1.165, 1.54) is 0 Å². The number of hydrogen-bond donors (Lipinski definition) is 1. The number of ether oxygens (including phenoxy) is 1. The molecule has 1 aromatic rings. The summed E-state index contributed by atoms with van der Waals surface area (Å²) in [5.41, 5.74) is 6.14. The molecule has 5 heteroatoms. The van der Waals surface area contributed by atoms with Gasteiger partial charge in [-0.05, 0) is 37.6 Å². The third kappa shape index (κ3) is 4.87. The van der Waals surface area contributed by atoms with Crippen LogP contribution < -0.4 is 10.5 Å². The molecular weight excluding hydrogens is 260 g/mol. The molecule has 0 atom stereocenters. The Morgan fingerprint density at radius 3 is 2.42 bits per heavy atom. The van der Waals surface area contributed by atoms with Crippen LogP contribution in [0.5, 0.6) is 5.75 Å². The molecule has 0 bridgehead atoms. The molecule has 0 aromatic heterocycles. The van der Waals surface area contributed by atoms with Crippen LogP contribution >= 0.6 is 12.2 Å². The molecule has 0 saturated carbocycles. The lowest BCUT2D eigenvalue weighted by Gasteiger charge is -2.21. The molecule has 0 spiro atoms. The standard InChI is InChI=1S/C14H20N2O2S/c1-3-9-16(10-13(15)19)14(17)11-5-7-12(8-6-11)18-4-2/h5-8H,3-4,9-10H2,1-2H3,(H2,15,19). The van der Waals surface area contributed by atoms with Crippen molar-refractivity contribution in [3.05, 3.63) is 29.8 Å². The van der Waals surface area contributed by atoms with Crippen molar-refractivity contribution >= 4 is 23.1 Å². The van der Waals surface area contributed by atoms with E-state index in [9.17, 15) is 4.79 Å². The molecule has 0 fully saturated rings. The number of rotatable bonds is 7. The molecule has 0 saturated heterocycles. The average molecular weight is 280 g/mol. The zero-order valence-electron chi connectivity index (χ0n) is 11.4. The first-order valence-corrected chi connectivity index (χ1v) is 6.79. The van der Waals surface area contributed by atoms with E-state index in [0.29, 0.717) is 30.2 Å². The average Bonchev–Trinajstić information content (AvgIpc) is 2.38. The number of amides is 1. The van der Waals surface area contributed by atoms with Gasteiger partial charge in [-0.1, -0.05) is 19.1 Å². The van der Waals surface area contributed by atoms with E-state index in [2.05, 4.69) is 0 Å². The monoisotopic (exact) mass is 280 g/mol. The van der Waals surface area contributed by atoms with Crippen molar-refractivity contribution in [2.24, 2.45) is 5.73 Å². The van der Waals surface area contributed by atoms with E-state index in [0.717, 1.165) is 12.2 Å². The Morgan fingerprint density at radius 1 is 1.32 bits per heavy atom. The first kappa shape index (κ1) is 15.4. The van der Waals surface area contributed by atoms with Gasteiger partial charge >= 0.3 is 0 Å². The van der Waals surface area contributed by atoms with Crippen molar-refractivity contribution in [1.29, 1.82) is 0 Å². The molecule has 2 N–H and O–H groups in total. The van der Waals surface area contributed by atoms with E-state index >= 15 is 0 Å². The van der Waals surface area contributed by atoms with Gasteiger partial charge in [0.1, 0.15) is 5.75 Å². The second-order valence-electron chi connectivity index (χ2n) is 4.15. The van der Waals surface area contributed by atoms with Gasteiger partial charge in [-0.3, -0.25) is 4.79 Å². The third-order valence-corrected chi connectivity index (χ3v) is 2.67. The lowest BCUT2D eigenvalue weighted by atomic mass is 10.2. The highest BCUT2D eigenvalue weighted by Crippen LogP contribution is 2.14. The Labute approximate surface area is 119 Å². The largest absolute Gasteiger partial charge is 0.494 e. The van der Waals surface area contributed by atoms with Gasteiger partial charge in [-0.2, -0.15) is 0 Å². The molecular formula is C14H20N2O2S. The van der Waals surface area contributed by atoms with E-state index in [1.54, 1.807) is 29.2 Å².